The molecule has 1 aliphatic heterocycles. The summed E-state index contributed by atoms with van der Waals surface area (Å²) >= 11 is 0. The van der Waals surface area contributed by atoms with Gasteiger partial charge in [0, 0.05) is 18.8 Å². The zero-order valence-electron chi connectivity index (χ0n) is 12.7. The fourth-order valence-electron chi connectivity index (χ4n) is 2.59. The van der Waals surface area contributed by atoms with Crippen LogP contribution >= 0.6 is 0 Å². The minimum absolute atomic E-state index is 0.0631. The predicted molar refractivity (Wildman–Crippen MR) is 81.2 cm³/mol. The molecule has 2 rings (SSSR count). The molecular weight excluding hydrogens is 268 g/mol. The molecule has 21 heavy (non-hydrogen) atoms. The molecule has 1 aliphatic rings. The molecule has 1 saturated heterocycles. The molecule has 1 atom stereocenters. The van der Waals surface area contributed by atoms with Crippen molar-refractivity contribution in [2.75, 3.05) is 18.4 Å². The molecule has 0 saturated carbocycles. The largest absolute Gasteiger partial charge is 0.481 e. The number of aliphatic carboxylic acids is 1. The first-order valence-corrected chi connectivity index (χ1v) is 7.16. The summed E-state index contributed by atoms with van der Waals surface area (Å²) in [7, 11) is 0. The van der Waals surface area contributed by atoms with Crippen LogP contribution in [0.2, 0.25) is 0 Å². The second-order valence-electron chi connectivity index (χ2n) is 6.19. The minimum Gasteiger partial charge on any atom is -0.481 e. The summed E-state index contributed by atoms with van der Waals surface area (Å²) in [5.41, 5.74) is 1.28. The lowest BCUT2D eigenvalue weighted by molar-refractivity contribution is -0.141. The normalized spacial score (nSPS) is 18.6. The molecule has 1 fully saturated rings. The van der Waals surface area contributed by atoms with Crippen LogP contribution in [-0.4, -0.2) is 40.5 Å². The molecule has 0 aromatic heterocycles. The van der Waals surface area contributed by atoms with Gasteiger partial charge in [-0.3, -0.25) is 9.59 Å². The fraction of sp³-hybridized carbons (Fsp3) is 0.500. The second-order valence-corrected chi connectivity index (χ2v) is 6.19. The van der Waals surface area contributed by atoms with Crippen molar-refractivity contribution in [1.29, 1.82) is 0 Å². The van der Waals surface area contributed by atoms with Gasteiger partial charge in [-0.2, -0.15) is 0 Å². The van der Waals surface area contributed by atoms with E-state index in [2.05, 4.69) is 5.32 Å². The van der Waals surface area contributed by atoms with E-state index in [-0.39, 0.29) is 5.91 Å². The van der Waals surface area contributed by atoms with Gasteiger partial charge in [-0.05, 0) is 39.3 Å². The van der Waals surface area contributed by atoms with E-state index in [4.69, 9.17) is 5.11 Å². The van der Waals surface area contributed by atoms with Crippen molar-refractivity contribution in [2.24, 2.45) is 5.92 Å². The highest BCUT2D eigenvalue weighted by atomic mass is 16.4. The molecule has 0 aliphatic carbocycles. The van der Waals surface area contributed by atoms with Gasteiger partial charge < -0.3 is 15.3 Å². The zero-order valence-corrected chi connectivity index (χ0v) is 12.7. The number of carboxylic acid groups (broad SMARTS) is 1. The lowest BCUT2D eigenvalue weighted by atomic mass is 10.0. The number of benzene rings is 1. The van der Waals surface area contributed by atoms with Crippen LogP contribution in [0.15, 0.2) is 24.3 Å². The number of carbonyl (C=O) groups excluding carboxylic acids is 1. The van der Waals surface area contributed by atoms with Crippen molar-refractivity contribution < 1.29 is 14.7 Å². The van der Waals surface area contributed by atoms with Gasteiger partial charge in [0.05, 0.1) is 5.92 Å². The summed E-state index contributed by atoms with van der Waals surface area (Å²) in [5.74, 6) is -1.33. The van der Waals surface area contributed by atoms with Gasteiger partial charge >= 0.3 is 5.97 Å². The lowest BCUT2D eigenvalue weighted by Crippen LogP contribution is -2.49. The van der Waals surface area contributed by atoms with Crippen molar-refractivity contribution >= 4 is 17.6 Å². The Kier molecular flexibility index (Phi) is 4.21. The average Bonchev–Trinajstić information content (AvgIpc) is 2.90. The highest BCUT2D eigenvalue weighted by Gasteiger charge is 2.37. The van der Waals surface area contributed by atoms with E-state index in [9.17, 15) is 9.59 Å². The molecular formula is C16H22N2O3. The number of anilines is 1. The average molecular weight is 290 g/mol. The first kappa shape index (κ1) is 15.4. The first-order valence-electron chi connectivity index (χ1n) is 7.16. The summed E-state index contributed by atoms with van der Waals surface area (Å²) in [4.78, 5) is 25.2. The van der Waals surface area contributed by atoms with E-state index in [0.29, 0.717) is 19.5 Å². The standard InChI is InChI=1S/C16H22N2O3/c1-11-4-6-13(7-5-11)17-16(2,3)15(21)18-9-8-12(10-18)14(19)20/h4-7,12,17H,8-10H2,1-3H3,(H,19,20). The number of hydrogen-bond donors (Lipinski definition) is 2. The minimum atomic E-state index is -0.824. The molecule has 0 bridgehead atoms. The lowest BCUT2D eigenvalue weighted by Gasteiger charge is -2.31. The second kappa shape index (κ2) is 5.76. The maximum absolute atomic E-state index is 12.6. The van der Waals surface area contributed by atoms with Crippen LogP contribution in [0.4, 0.5) is 5.69 Å². The van der Waals surface area contributed by atoms with Crippen LogP contribution in [0.5, 0.6) is 0 Å². The van der Waals surface area contributed by atoms with Gasteiger partial charge in [-0.25, -0.2) is 0 Å². The summed E-state index contributed by atoms with van der Waals surface area (Å²) in [6.45, 7) is 6.46. The molecule has 1 aromatic carbocycles. The third-order valence-corrected chi connectivity index (χ3v) is 3.87. The molecule has 114 valence electrons. The Labute approximate surface area is 125 Å². The number of amides is 1. The quantitative estimate of drug-likeness (QED) is 0.891. The summed E-state index contributed by atoms with van der Waals surface area (Å²) in [6, 6.07) is 7.85. The van der Waals surface area contributed by atoms with Crippen LogP contribution in [-0.2, 0) is 9.59 Å². The van der Waals surface area contributed by atoms with Gasteiger partial charge in [0.15, 0.2) is 0 Å². The number of hydrogen-bond acceptors (Lipinski definition) is 3. The molecule has 2 N–H and O–H groups in total. The predicted octanol–water partition coefficient (Wildman–Crippen LogP) is 2.12. The van der Waals surface area contributed by atoms with Gasteiger partial charge in [0.1, 0.15) is 5.54 Å². The fourth-order valence-corrected chi connectivity index (χ4v) is 2.59. The van der Waals surface area contributed by atoms with E-state index < -0.39 is 17.4 Å². The Hall–Kier alpha value is -2.04. The van der Waals surface area contributed by atoms with E-state index in [1.165, 1.54) is 0 Å². The number of nitrogens with one attached hydrogen (secondary N) is 1. The maximum Gasteiger partial charge on any atom is 0.308 e. The number of rotatable bonds is 4. The maximum atomic E-state index is 12.6. The molecule has 0 spiro atoms. The molecule has 1 aromatic rings. The number of carboxylic acids is 1. The van der Waals surface area contributed by atoms with Crippen molar-refractivity contribution in [1.82, 2.24) is 4.90 Å². The number of nitrogens with zero attached hydrogens (tertiary/aromatic N) is 1. The number of likely N-dealkylation sites (tertiary alicyclic amines) is 1. The van der Waals surface area contributed by atoms with E-state index in [0.717, 1.165) is 11.3 Å². The number of carbonyl (C=O) groups is 2. The van der Waals surface area contributed by atoms with Crippen molar-refractivity contribution in [2.45, 2.75) is 32.7 Å². The Morgan fingerprint density at radius 2 is 1.90 bits per heavy atom. The Balaban J connectivity index is 2.03. The van der Waals surface area contributed by atoms with E-state index in [1.54, 1.807) is 4.90 Å². The highest BCUT2D eigenvalue weighted by Crippen LogP contribution is 2.23. The summed E-state index contributed by atoms with van der Waals surface area (Å²) < 4.78 is 0. The van der Waals surface area contributed by atoms with Crippen LogP contribution in [0.25, 0.3) is 0 Å². The van der Waals surface area contributed by atoms with E-state index in [1.807, 2.05) is 45.0 Å². The topological polar surface area (TPSA) is 69.6 Å². The highest BCUT2D eigenvalue weighted by molar-refractivity contribution is 5.89. The van der Waals surface area contributed by atoms with Gasteiger partial charge in [-0.1, -0.05) is 17.7 Å². The zero-order chi connectivity index (χ0) is 15.6. The van der Waals surface area contributed by atoms with E-state index >= 15 is 0 Å². The Bertz CT molecular complexity index is 537. The molecule has 5 nitrogen and oxygen atoms in total. The monoisotopic (exact) mass is 290 g/mol. The van der Waals surface area contributed by atoms with Crippen LogP contribution < -0.4 is 5.32 Å². The summed E-state index contributed by atoms with van der Waals surface area (Å²) in [5, 5.41) is 12.3. The third-order valence-electron chi connectivity index (χ3n) is 3.87. The van der Waals surface area contributed by atoms with Gasteiger partial charge in [-0.15, -0.1) is 0 Å². The molecule has 5 heteroatoms. The molecule has 1 heterocycles. The van der Waals surface area contributed by atoms with Crippen molar-refractivity contribution in [3.63, 3.8) is 0 Å². The first-order chi connectivity index (χ1) is 9.79. The molecule has 1 unspecified atom stereocenters. The SMILES string of the molecule is Cc1ccc(NC(C)(C)C(=O)N2CCC(C(=O)O)C2)cc1. The Morgan fingerprint density at radius 3 is 2.43 bits per heavy atom. The number of aryl methyl sites for hydroxylation is 1. The van der Waals surface area contributed by atoms with Gasteiger partial charge in [0.25, 0.3) is 0 Å². The molecule has 1 amide bonds. The van der Waals surface area contributed by atoms with Crippen molar-refractivity contribution in [3.8, 4) is 0 Å². The Morgan fingerprint density at radius 1 is 1.29 bits per heavy atom. The molecule has 0 radical (unpaired) electrons. The van der Waals surface area contributed by atoms with Crippen LogP contribution in [0.3, 0.4) is 0 Å². The van der Waals surface area contributed by atoms with Crippen molar-refractivity contribution in [3.05, 3.63) is 29.8 Å². The summed E-state index contributed by atoms with van der Waals surface area (Å²) in [6.07, 6.45) is 0.529. The third kappa shape index (κ3) is 3.54. The smallest absolute Gasteiger partial charge is 0.308 e. The van der Waals surface area contributed by atoms with Crippen LogP contribution in [0, 0.1) is 12.8 Å². The van der Waals surface area contributed by atoms with Gasteiger partial charge in [0.2, 0.25) is 5.91 Å². The van der Waals surface area contributed by atoms with Crippen LogP contribution in [0.1, 0.15) is 25.8 Å².